The van der Waals surface area contributed by atoms with Gasteiger partial charge in [-0.3, -0.25) is 10.1 Å². The van der Waals surface area contributed by atoms with E-state index in [2.05, 4.69) is 21.2 Å². The van der Waals surface area contributed by atoms with Crippen molar-refractivity contribution in [1.82, 2.24) is 5.32 Å². The maximum Gasteiger partial charge on any atom is 0.325 e. The number of carboxylic acids is 1. The summed E-state index contributed by atoms with van der Waals surface area (Å²) in [5, 5.41) is 12.7. The first-order valence-corrected chi connectivity index (χ1v) is 7.24. The molecule has 0 saturated heterocycles. The molecule has 1 aliphatic heterocycles. The fraction of sp³-hybridized carbons (Fsp3) is 0.500. The van der Waals surface area contributed by atoms with E-state index in [1.54, 1.807) is 0 Å². The number of hydrogen-bond donors (Lipinski definition) is 2. The smallest absolute Gasteiger partial charge is 0.325 e. The molecule has 20 heavy (non-hydrogen) atoms. The van der Waals surface area contributed by atoms with Crippen LogP contribution in [-0.2, 0) is 11.2 Å². The molecule has 0 fully saturated rings. The zero-order chi connectivity index (χ0) is 14.9. The number of carbonyl (C=O) groups is 1. The van der Waals surface area contributed by atoms with Gasteiger partial charge in [-0.05, 0) is 24.5 Å². The molecule has 2 rings (SSSR count). The van der Waals surface area contributed by atoms with Gasteiger partial charge in [0.2, 0.25) is 0 Å². The maximum absolute atomic E-state index is 11.6. The molecule has 0 saturated carbocycles. The summed E-state index contributed by atoms with van der Waals surface area (Å²) in [6.07, 6.45) is 1.63. The Bertz CT molecular complexity index is 532. The predicted octanol–water partition coefficient (Wildman–Crippen LogP) is 2.52. The van der Waals surface area contributed by atoms with Crippen LogP contribution in [0, 0.1) is 0 Å². The molecule has 1 heterocycles. The second kappa shape index (κ2) is 6.01. The van der Waals surface area contributed by atoms with Crippen LogP contribution in [0.4, 0.5) is 0 Å². The Morgan fingerprint density at radius 2 is 2.20 bits per heavy atom. The van der Waals surface area contributed by atoms with E-state index >= 15 is 0 Å². The van der Waals surface area contributed by atoms with E-state index in [1.165, 1.54) is 14.2 Å². The van der Waals surface area contributed by atoms with E-state index in [1.807, 2.05) is 13.0 Å². The predicted molar refractivity (Wildman–Crippen MR) is 78.5 cm³/mol. The van der Waals surface area contributed by atoms with Crippen molar-refractivity contribution < 1.29 is 19.4 Å². The van der Waals surface area contributed by atoms with E-state index in [4.69, 9.17) is 9.47 Å². The number of hydrogen-bond acceptors (Lipinski definition) is 4. The first-order chi connectivity index (χ1) is 9.53. The van der Waals surface area contributed by atoms with E-state index < -0.39 is 12.0 Å². The minimum atomic E-state index is -0.914. The SMILES string of the molecule is CCC1Cc2c(Br)cc(OC)c(OC)c2C(C(=O)O)N1. The Balaban J connectivity index is 2.67. The quantitative estimate of drug-likeness (QED) is 0.879. The fourth-order valence-electron chi connectivity index (χ4n) is 2.62. The number of carboxylic acid groups (broad SMARTS) is 1. The summed E-state index contributed by atoms with van der Waals surface area (Å²) in [6, 6.07) is 1.18. The second-order valence-corrected chi connectivity index (χ2v) is 5.59. The third-order valence-electron chi connectivity index (χ3n) is 3.65. The molecular weight excluding hydrogens is 326 g/mol. The highest BCUT2D eigenvalue weighted by molar-refractivity contribution is 9.10. The zero-order valence-electron chi connectivity index (χ0n) is 11.7. The van der Waals surface area contributed by atoms with Crippen molar-refractivity contribution in [3.8, 4) is 11.5 Å². The average Bonchev–Trinajstić information content (AvgIpc) is 2.45. The largest absolute Gasteiger partial charge is 0.493 e. The van der Waals surface area contributed by atoms with Crippen molar-refractivity contribution >= 4 is 21.9 Å². The van der Waals surface area contributed by atoms with Crippen LogP contribution in [0.15, 0.2) is 10.5 Å². The standard InChI is InChI=1S/C14H18BrNO4/c1-4-7-5-8-9(15)6-10(19-2)13(20-3)11(8)12(16-7)14(17)18/h6-7,12,16H,4-5H2,1-3H3,(H,17,18). The molecule has 0 spiro atoms. The highest BCUT2D eigenvalue weighted by Crippen LogP contribution is 2.44. The lowest BCUT2D eigenvalue weighted by Gasteiger charge is -2.32. The Labute approximate surface area is 126 Å². The topological polar surface area (TPSA) is 67.8 Å². The monoisotopic (exact) mass is 343 g/mol. The highest BCUT2D eigenvalue weighted by atomic mass is 79.9. The third kappa shape index (κ3) is 2.50. The lowest BCUT2D eigenvalue weighted by molar-refractivity contribution is -0.140. The fourth-order valence-corrected chi connectivity index (χ4v) is 3.21. The molecular formula is C14H18BrNO4. The van der Waals surface area contributed by atoms with Gasteiger partial charge in [-0.2, -0.15) is 0 Å². The zero-order valence-corrected chi connectivity index (χ0v) is 13.3. The summed E-state index contributed by atoms with van der Waals surface area (Å²) in [6.45, 7) is 2.04. The number of nitrogens with one attached hydrogen (secondary N) is 1. The molecule has 6 heteroatoms. The van der Waals surface area contributed by atoms with Crippen LogP contribution in [0.3, 0.4) is 0 Å². The summed E-state index contributed by atoms with van der Waals surface area (Å²) in [5.41, 5.74) is 1.62. The number of halogens is 1. The van der Waals surface area contributed by atoms with Crippen LogP contribution < -0.4 is 14.8 Å². The molecule has 2 N–H and O–H groups in total. The molecule has 0 radical (unpaired) electrons. The van der Waals surface area contributed by atoms with E-state index in [-0.39, 0.29) is 6.04 Å². The van der Waals surface area contributed by atoms with Gasteiger partial charge in [-0.25, -0.2) is 0 Å². The van der Waals surface area contributed by atoms with Gasteiger partial charge in [0.25, 0.3) is 0 Å². The van der Waals surface area contributed by atoms with Gasteiger partial charge in [0.1, 0.15) is 6.04 Å². The molecule has 0 bridgehead atoms. The number of rotatable bonds is 4. The molecule has 5 nitrogen and oxygen atoms in total. The molecule has 2 unspecified atom stereocenters. The van der Waals surface area contributed by atoms with Gasteiger partial charge in [-0.1, -0.05) is 22.9 Å². The van der Waals surface area contributed by atoms with E-state index in [0.717, 1.165) is 22.9 Å². The van der Waals surface area contributed by atoms with Gasteiger partial charge in [-0.15, -0.1) is 0 Å². The first-order valence-electron chi connectivity index (χ1n) is 6.45. The minimum absolute atomic E-state index is 0.137. The van der Waals surface area contributed by atoms with Crippen LogP contribution in [0.1, 0.15) is 30.5 Å². The van der Waals surface area contributed by atoms with Crippen LogP contribution in [0.25, 0.3) is 0 Å². The van der Waals surface area contributed by atoms with Gasteiger partial charge in [0, 0.05) is 16.1 Å². The van der Waals surface area contributed by atoms with Crippen LogP contribution in [0.5, 0.6) is 11.5 Å². The summed E-state index contributed by atoms with van der Waals surface area (Å²) in [5.74, 6) is 0.101. The maximum atomic E-state index is 11.6. The Morgan fingerprint density at radius 3 is 2.70 bits per heavy atom. The van der Waals surface area contributed by atoms with Crippen molar-refractivity contribution in [3.63, 3.8) is 0 Å². The average molecular weight is 344 g/mol. The van der Waals surface area contributed by atoms with Gasteiger partial charge in [0.15, 0.2) is 11.5 Å². The summed E-state index contributed by atoms with van der Waals surface area (Å²) < 4.78 is 11.5. The Kier molecular flexibility index (Phi) is 4.55. The molecule has 1 aromatic rings. The van der Waals surface area contributed by atoms with Crippen molar-refractivity contribution in [1.29, 1.82) is 0 Å². The van der Waals surface area contributed by atoms with Gasteiger partial charge < -0.3 is 14.6 Å². The molecule has 1 aromatic carbocycles. The molecule has 110 valence electrons. The number of ether oxygens (including phenoxy) is 2. The second-order valence-electron chi connectivity index (χ2n) is 4.73. The van der Waals surface area contributed by atoms with Crippen molar-refractivity contribution in [3.05, 3.63) is 21.7 Å². The summed E-state index contributed by atoms with van der Waals surface area (Å²) in [4.78, 5) is 11.6. The molecule has 2 atom stereocenters. The van der Waals surface area contributed by atoms with Crippen molar-refractivity contribution in [2.75, 3.05) is 14.2 Å². The number of fused-ring (bicyclic) bond motifs is 1. The van der Waals surface area contributed by atoms with Crippen molar-refractivity contribution in [2.24, 2.45) is 0 Å². The number of methoxy groups -OCH3 is 2. The van der Waals surface area contributed by atoms with Gasteiger partial charge >= 0.3 is 5.97 Å². The molecule has 0 amide bonds. The van der Waals surface area contributed by atoms with E-state index in [9.17, 15) is 9.90 Å². The lowest BCUT2D eigenvalue weighted by atomic mass is 9.88. The van der Waals surface area contributed by atoms with Crippen molar-refractivity contribution in [2.45, 2.75) is 31.8 Å². The molecule has 0 aliphatic carbocycles. The lowest BCUT2D eigenvalue weighted by Crippen LogP contribution is -2.43. The normalized spacial score (nSPS) is 21.2. The Hall–Kier alpha value is -1.27. The van der Waals surface area contributed by atoms with Gasteiger partial charge in [0.05, 0.1) is 14.2 Å². The summed E-state index contributed by atoms with van der Waals surface area (Å²) >= 11 is 3.51. The summed E-state index contributed by atoms with van der Waals surface area (Å²) in [7, 11) is 3.06. The molecule has 1 aliphatic rings. The highest BCUT2D eigenvalue weighted by Gasteiger charge is 2.35. The van der Waals surface area contributed by atoms with Crippen LogP contribution in [0.2, 0.25) is 0 Å². The van der Waals surface area contributed by atoms with E-state index in [0.29, 0.717) is 17.1 Å². The number of benzene rings is 1. The third-order valence-corrected chi connectivity index (χ3v) is 4.35. The molecule has 0 aromatic heterocycles. The first kappa shape index (κ1) is 15.1. The van der Waals surface area contributed by atoms with Crippen LogP contribution in [-0.4, -0.2) is 31.3 Å². The Morgan fingerprint density at radius 1 is 1.50 bits per heavy atom. The number of aliphatic carboxylic acids is 1. The van der Waals surface area contributed by atoms with Crippen LogP contribution >= 0.6 is 15.9 Å². The minimum Gasteiger partial charge on any atom is -0.493 e.